The van der Waals surface area contributed by atoms with Crippen molar-refractivity contribution in [2.45, 2.75) is 38.5 Å². The number of nitrogens with zero attached hydrogens (tertiary/aromatic N) is 3. The fraction of sp³-hybridized carbons (Fsp3) is 0.462. The Morgan fingerprint density at radius 1 is 1.19 bits per heavy atom. The van der Waals surface area contributed by atoms with Crippen LogP contribution in [0.3, 0.4) is 0 Å². The van der Waals surface area contributed by atoms with E-state index < -0.39 is 23.6 Å². The fourth-order valence-electron chi connectivity index (χ4n) is 5.23. The number of likely N-dealkylation sites (tertiary alicyclic amines) is 1. The van der Waals surface area contributed by atoms with Crippen molar-refractivity contribution in [1.82, 2.24) is 14.9 Å². The van der Waals surface area contributed by atoms with Crippen molar-refractivity contribution in [3.8, 4) is 11.5 Å². The maximum absolute atomic E-state index is 14.8. The molecule has 1 aliphatic heterocycles. The van der Waals surface area contributed by atoms with Crippen molar-refractivity contribution in [2.24, 2.45) is 11.8 Å². The van der Waals surface area contributed by atoms with E-state index >= 15 is 0 Å². The van der Waals surface area contributed by atoms with Gasteiger partial charge in [-0.2, -0.15) is 13.2 Å². The van der Waals surface area contributed by atoms with Crippen LogP contribution in [-0.4, -0.2) is 48.2 Å². The molecule has 1 aromatic heterocycles. The SMILES string of the molecule is COc1cc2nc(C)nc(N[C@H](C)c3cccc(C(F)(F)F)c3F)c2cc1OC[C@@H]1C2CC2CN1C. The molecule has 10 heteroatoms. The minimum Gasteiger partial charge on any atom is -0.493 e. The standard InChI is InChI=1S/C26H28F4N4O2/c1-13(16-6-5-7-19(24(16)27)26(28,29)30)31-25-18-9-23(22(35-4)10-20(18)32-14(2)33-25)36-12-21-17-8-15(17)11-34(21)3/h5-7,9-10,13,15,17,21H,8,11-12H2,1-4H3,(H,31,32,33)/t13-,15?,17?,21-/m1/s1. The Morgan fingerprint density at radius 3 is 2.64 bits per heavy atom. The van der Waals surface area contributed by atoms with Crippen LogP contribution in [0, 0.1) is 24.6 Å². The highest BCUT2D eigenvalue weighted by Crippen LogP contribution is 2.49. The van der Waals surface area contributed by atoms with Gasteiger partial charge in [0.1, 0.15) is 24.1 Å². The number of alkyl halides is 3. The summed E-state index contributed by atoms with van der Waals surface area (Å²) in [5.41, 5.74) is -0.832. The molecule has 5 rings (SSSR count). The largest absolute Gasteiger partial charge is 0.493 e. The molecule has 0 radical (unpaired) electrons. The van der Waals surface area contributed by atoms with Gasteiger partial charge in [-0.05, 0) is 51.3 Å². The lowest BCUT2D eigenvalue weighted by Gasteiger charge is -2.24. The number of anilines is 1. The van der Waals surface area contributed by atoms with E-state index in [2.05, 4.69) is 27.2 Å². The van der Waals surface area contributed by atoms with Gasteiger partial charge < -0.3 is 14.8 Å². The number of hydrogen-bond acceptors (Lipinski definition) is 6. The van der Waals surface area contributed by atoms with Gasteiger partial charge in [0.15, 0.2) is 11.5 Å². The van der Waals surface area contributed by atoms with Crippen molar-refractivity contribution in [3.63, 3.8) is 0 Å². The first-order valence-electron chi connectivity index (χ1n) is 11.9. The molecule has 4 atom stereocenters. The Balaban J connectivity index is 1.46. The lowest BCUT2D eigenvalue weighted by atomic mass is 10.0. The maximum Gasteiger partial charge on any atom is 0.419 e. The second-order valence-electron chi connectivity index (χ2n) is 9.69. The van der Waals surface area contributed by atoms with Crippen molar-refractivity contribution in [3.05, 3.63) is 53.1 Å². The highest BCUT2D eigenvalue weighted by atomic mass is 19.4. The second-order valence-corrected chi connectivity index (χ2v) is 9.69. The van der Waals surface area contributed by atoms with Crippen LogP contribution in [0.15, 0.2) is 30.3 Å². The monoisotopic (exact) mass is 504 g/mol. The van der Waals surface area contributed by atoms with Crippen LogP contribution in [0.1, 0.15) is 36.3 Å². The predicted molar refractivity (Wildman–Crippen MR) is 128 cm³/mol. The van der Waals surface area contributed by atoms with Crippen molar-refractivity contribution < 1.29 is 27.0 Å². The molecule has 1 N–H and O–H groups in total. The van der Waals surface area contributed by atoms with E-state index in [-0.39, 0.29) is 5.56 Å². The number of benzene rings is 2. The first kappa shape index (κ1) is 24.5. The third-order valence-corrected chi connectivity index (χ3v) is 7.22. The van der Waals surface area contributed by atoms with Crippen molar-refractivity contribution in [1.29, 1.82) is 0 Å². The van der Waals surface area contributed by atoms with Crippen molar-refractivity contribution >= 4 is 16.7 Å². The topological polar surface area (TPSA) is 59.5 Å². The Kier molecular flexibility index (Phi) is 6.18. The van der Waals surface area contributed by atoms with Gasteiger partial charge in [-0.15, -0.1) is 0 Å². The van der Waals surface area contributed by atoms with Gasteiger partial charge in [-0.1, -0.05) is 12.1 Å². The molecule has 1 saturated heterocycles. The molecule has 2 heterocycles. The molecule has 3 aromatic rings. The Labute approximate surface area is 206 Å². The molecule has 1 aliphatic carbocycles. The summed E-state index contributed by atoms with van der Waals surface area (Å²) < 4.78 is 66.2. The maximum atomic E-state index is 14.8. The Morgan fingerprint density at radius 2 is 1.97 bits per heavy atom. The minimum absolute atomic E-state index is 0.109. The zero-order valence-electron chi connectivity index (χ0n) is 20.5. The fourth-order valence-corrected chi connectivity index (χ4v) is 5.23. The zero-order chi connectivity index (χ0) is 25.8. The lowest BCUT2D eigenvalue weighted by molar-refractivity contribution is -0.140. The van der Waals surface area contributed by atoms with Gasteiger partial charge in [0.05, 0.1) is 24.2 Å². The van der Waals surface area contributed by atoms with Crippen LogP contribution in [0.25, 0.3) is 10.9 Å². The number of halogens is 4. The van der Waals surface area contributed by atoms with Gasteiger partial charge in [0, 0.05) is 29.6 Å². The summed E-state index contributed by atoms with van der Waals surface area (Å²) in [6.45, 7) is 4.89. The van der Waals surface area contributed by atoms with E-state index in [1.54, 1.807) is 33.1 Å². The summed E-state index contributed by atoms with van der Waals surface area (Å²) >= 11 is 0. The number of nitrogens with one attached hydrogen (secondary N) is 1. The molecule has 192 valence electrons. The first-order chi connectivity index (χ1) is 17.1. The van der Waals surface area contributed by atoms with Gasteiger partial charge in [-0.3, -0.25) is 4.90 Å². The average molecular weight is 505 g/mol. The summed E-state index contributed by atoms with van der Waals surface area (Å²) in [5, 5.41) is 3.68. The molecule has 1 saturated carbocycles. The summed E-state index contributed by atoms with van der Waals surface area (Å²) in [5.74, 6) is 1.98. The number of aryl methyl sites for hydroxylation is 1. The molecule has 2 fully saturated rings. The molecule has 2 aliphatic rings. The number of piperidine rings is 1. The summed E-state index contributed by atoms with van der Waals surface area (Å²) in [7, 11) is 3.66. The highest BCUT2D eigenvalue weighted by Gasteiger charge is 2.51. The number of aromatic nitrogens is 2. The first-order valence-corrected chi connectivity index (χ1v) is 11.9. The molecule has 0 amide bonds. The number of likely N-dealkylation sites (N-methyl/N-ethyl adjacent to an activating group) is 1. The zero-order valence-corrected chi connectivity index (χ0v) is 20.5. The van der Waals surface area contributed by atoms with Crippen LogP contribution < -0.4 is 14.8 Å². The van der Waals surface area contributed by atoms with E-state index in [4.69, 9.17) is 9.47 Å². The summed E-state index contributed by atoms with van der Waals surface area (Å²) in [6.07, 6.45) is -3.55. The number of rotatable bonds is 7. The Hall–Kier alpha value is -3.14. The quantitative estimate of drug-likeness (QED) is 0.423. The van der Waals surface area contributed by atoms with E-state index in [1.807, 2.05) is 0 Å². The molecule has 0 spiro atoms. The molecular weight excluding hydrogens is 476 g/mol. The van der Waals surface area contributed by atoms with E-state index in [9.17, 15) is 17.6 Å². The minimum atomic E-state index is -4.78. The number of hydrogen-bond donors (Lipinski definition) is 1. The van der Waals surface area contributed by atoms with Gasteiger partial charge >= 0.3 is 6.18 Å². The smallest absolute Gasteiger partial charge is 0.419 e. The lowest BCUT2D eigenvalue weighted by Crippen LogP contribution is -2.34. The van der Waals surface area contributed by atoms with E-state index in [1.165, 1.54) is 18.6 Å². The third kappa shape index (κ3) is 4.54. The van der Waals surface area contributed by atoms with Crippen LogP contribution in [0.2, 0.25) is 0 Å². The molecule has 2 aromatic carbocycles. The molecule has 36 heavy (non-hydrogen) atoms. The van der Waals surface area contributed by atoms with Crippen LogP contribution in [0.4, 0.5) is 23.4 Å². The number of fused-ring (bicyclic) bond motifs is 2. The van der Waals surface area contributed by atoms with Gasteiger partial charge in [-0.25, -0.2) is 14.4 Å². The normalized spacial score (nSPS) is 22.4. The molecule has 6 nitrogen and oxygen atoms in total. The van der Waals surface area contributed by atoms with Crippen LogP contribution >= 0.6 is 0 Å². The summed E-state index contributed by atoms with van der Waals surface area (Å²) in [4.78, 5) is 11.3. The average Bonchev–Trinajstić information content (AvgIpc) is 3.49. The number of ether oxygens (including phenoxy) is 2. The highest BCUT2D eigenvalue weighted by molar-refractivity contribution is 5.92. The van der Waals surface area contributed by atoms with Gasteiger partial charge in [0.2, 0.25) is 0 Å². The van der Waals surface area contributed by atoms with E-state index in [0.717, 1.165) is 18.5 Å². The molecule has 0 bridgehead atoms. The van der Waals surface area contributed by atoms with E-state index in [0.29, 0.717) is 52.6 Å². The van der Waals surface area contributed by atoms with Crippen molar-refractivity contribution in [2.75, 3.05) is 32.6 Å². The third-order valence-electron chi connectivity index (χ3n) is 7.22. The summed E-state index contributed by atoms with van der Waals surface area (Å²) in [6, 6.07) is 6.32. The predicted octanol–water partition coefficient (Wildman–Crippen LogP) is 5.61. The molecule has 2 unspecified atom stereocenters. The Bertz CT molecular complexity index is 1300. The molecular formula is C26H28F4N4O2. The second kappa shape index (κ2) is 9.06. The number of methoxy groups -OCH3 is 1. The van der Waals surface area contributed by atoms with Crippen LogP contribution in [-0.2, 0) is 6.18 Å². The van der Waals surface area contributed by atoms with Gasteiger partial charge in [0.25, 0.3) is 0 Å². The van der Waals surface area contributed by atoms with Crippen LogP contribution in [0.5, 0.6) is 11.5 Å².